The van der Waals surface area contributed by atoms with Crippen LogP contribution in [0.4, 0.5) is 10.1 Å². The summed E-state index contributed by atoms with van der Waals surface area (Å²) in [5, 5.41) is 11.1. The van der Waals surface area contributed by atoms with Crippen LogP contribution in [-0.4, -0.2) is 10.3 Å². The summed E-state index contributed by atoms with van der Waals surface area (Å²) in [7, 11) is 0. The Morgan fingerprint density at radius 1 is 1.54 bits per heavy atom. The molecule has 0 saturated carbocycles. The van der Waals surface area contributed by atoms with E-state index in [-0.39, 0.29) is 5.69 Å². The maximum atomic E-state index is 12.7. The molecular weight excluding hydrogens is 241 g/mol. The molecule has 0 amide bonds. The van der Waals surface area contributed by atoms with Gasteiger partial charge in [0.05, 0.1) is 4.92 Å². The Morgan fingerprint density at radius 2 is 2.23 bits per heavy atom. The fraction of sp³-hybridized carbons (Fsp3) is 0.250. The van der Waals surface area contributed by atoms with E-state index in [0.29, 0.717) is 17.3 Å². The van der Waals surface area contributed by atoms with Crippen molar-refractivity contribution >= 4 is 21.6 Å². The maximum Gasteiger partial charge on any atom is 0.272 e. The molecule has 1 rings (SSSR count). The monoisotopic (exact) mass is 247 g/mol. The van der Waals surface area contributed by atoms with Crippen LogP contribution in [0.25, 0.3) is 0 Å². The third kappa shape index (κ3) is 2.48. The number of benzene rings is 1. The van der Waals surface area contributed by atoms with Crippen LogP contribution < -0.4 is 0 Å². The number of aryl methyl sites for hydroxylation is 1. The molecule has 0 aliphatic carbocycles. The first-order valence-corrected chi connectivity index (χ1v) is 4.76. The van der Waals surface area contributed by atoms with Crippen molar-refractivity contribution in [3.05, 3.63) is 39.7 Å². The fourth-order valence-electron chi connectivity index (χ4n) is 1.03. The van der Waals surface area contributed by atoms with E-state index in [1.807, 2.05) is 0 Å². The van der Waals surface area contributed by atoms with Crippen molar-refractivity contribution in [3.8, 4) is 0 Å². The van der Waals surface area contributed by atoms with Crippen molar-refractivity contribution < 1.29 is 9.31 Å². The van der Waals surface area contributed by atoms with Crippen LogP contribution in [0.5, 0.6) is 0 Å². The zero-order valence-corrected chi connectivity index (χ0v) is 8.25. The number of alkyl halides is 1. The van der Waals surface area contributed by atoms with Gasteiger partial charge < -0.3 is 0 Å². The third-order valence-electron chi connectivity index (χ3n) is 1.60. The highest BCUT2D eigenvalue weighted by atomic mass is 79.9. The van der Waals surface area contributed by atoms with E-state index < -0.39 is 10.7 Å². The summed E-state index contributed by atoms with van der Waals surface area (Å²) in [6, 6.07) is 3.47. The molecule has 0 fully saturated rings. The predicted octanol–water partition coefficient (Wildman–Crippen LogP) is 2.67. The average molecular weight is 248 g/mol. The molecule has 0 unspecified atom stereocenters. The van der Waals surface area contributed by atoms with E-state index in [4.69, 9.17) is 0 Å². The fourth-order valence-corrected chi connectivity index (χ4v) is 1.46. The summed E-state index contributed by atoms with van der Waals surface area (Å²) in [5.41, 5.74) is 0.391. The quantitative estimate of drug-likeness (QED) is 0.468. The van der Waals surface area contributed by atoms with Crippen molar-refractivity contribution in [3.63, 3.8) is 0 Å². The second-order valence-electron chi connectivity index (χ2n) is 2.47. The Balaban J connectivity index is 3.10. The van der Waals surface area contributed by atoms with Gasteiger partial charge in [-0.25, -0.2) is 4.39 Å². The summed E-state index contributed by atoms with van der Waals surface area (Å²) in [4.78, 5) is 9.97. The van der Waals surface area contributed by atoms with Crippen LogP contribution >= 0.6 is 15.9 Å². The lowest BCUT2D eigenvalue weighted by molar-refractivity contribution is -0.385. The van der Waals surface area contributed by atoms with Gasteiger partial charge in [-0.3, -0.25) is 10.1 Å². The van der Waals surface area contributed by atoms with Gasteiger partial charge in [-0.15, -0.1) is 0 Å². The van der Waals surface area contributed by atoms with Crippen LogP contribution in [0.1, 0.15) is 5.56 Å². The van der Waals surface area contributed by atoms with Crippen molar-refractivity contribution in [1.82, 2.24) is 0 Å². The largest absolute Gasteiger partial charge is 0.272 e. The molecule has 0 spiro atoms. The van der Waals surface area contributed by atoms with Crippen molar-refractivity contribution in [1.29, 1.82) is 0 Å². The molecule has 13 heavy (non-hydrogen) atoms. The highest BCUT2D eigenvalue weighted by molar-refractivity contribution is 9.09. The highest BCUT2D eigenvalue weighted by Crippen LogP contribution is 2.20. The summed E-state index contributed by atoms with van der Waals surface area (Å²) in [6.07, 6.45) is 0.452. The summed E-state index contributed by atoms with van der Waals surface area (Å²) in [5.74, 6) is -0.443. The van der Waals surface area contributed by atoms with Gasteiger partial charge in [0.25, 0.3) is 5.69 Å². The highest BCUT2D eigenvalue weighted by Gasteiger charge is 2.12. The summed E-state index contributed by atoms with van der Waals surface area (Å²) >= 11 is 3.15. The predicted molar refractivity (Wildman–Crippen MR) is 50.6 cm³/mol. The van der Waals surface area contributed by atoms with Gasteiger partial charge in [0.2, 0.25) is 0 Å². The van der Waals surface area contributed by atoms with Crippen molar-refractivity contribution in [2.24, 2.45) is 0 Å². The van der Waals surface area contributed by atoms with E-state index in [1.165, 1.54) is 12.1 Å². The first-order valence-electron chi connectivity index (χ1n) is 3.64. The lowest BCUT2D eigenvalue weighted by Crippen LogP contribution is -1.96. The van der Waals surface area contributed by atoms with Crippen molar-refractivity contribution in [2.45, 2.75) is 6.42 Å². The van der Waals surface area contributed by atoms with Crippen LogP contribution in [0, 0.1) is 15.9 Å². The number of nitro benzene ring substituents is 1. The standard InChI is InChI=1S/C8H7BrFNO2/c9-4-3-6-5-7(10)1-2-8(6)11(12)13/h1-2,5H,3-4H2. The van der Waals surface area contributed by atoms with Crippen LogP contribution in [-0.2, 0) is 6.42 Å². The second-order valence-corrected chi connectivity index (χ2v) is 3.26. The number of nitrogens with zero attached hydrogens (tertiary/aromatic N) is 1. The number of halogens is 2. The Bertz CT molecular complexity index is 330. The van der Waals surface area contributed by atoms with Gasteiger partial charge in [-0.05, 0) is 18.6 Å². The molecule has 0 N–H and O–H groups in total. The lowest BCUT2D eigenvalue weighted by Gasteiger charge is -1.99. The number of rotatable bonds is 3. The first kappa shape index (κ1) is 10.1. The zero-order chi connectivity index (χ0) is 9.84. The smallest absolute Gasteiger partial charge is 0.258 e. The molecule has 0 saturated heterocycles. The zero-order valence-electron chi connectivity index (χ0n) is 6.67. The number of nitro groups is 1. The van der Waals surface area contributed by atoms with E-state index >= 15 is 0 Å². The van der Waals surface area contributed by atoms with Gasteiger partial charge in [0.15, 0.2) is 0 Å². The molecule has 0 aliphatic rings. The summed E-state index contributed by atoms with van der Waals surface area (Å²) in [6.45, 7) is 0. The minimum Gasteiger partial charge on any atom is -0.258 e. The minimum absolute atomic E-state index is 0.0270. The molecule has 0 aliphatic heterocycles. The van der Waals surface area contributed by atoms with Crippen LogP contribution in [0.2, 0.25) is 0 Å². The van der Waals surface area contributed by atoms with Gasteiger partial charge in [-0.2, -0.15) is 0 Å². The third-order valence-corrected chi connectivity index (χ3v) is 2.00. The normalized spacial score (nSPS) is 10.0. The molecule has 0 bridgehead atoms. The lowest BCUT2D eigenvalue weighted by atomic mass is 10.1. The molecule has 0 aromatic heterocycles. The maximum absolute atomic E-state index is 12.7. The molecule has 1 aromatic rings. The molecule has 70 valence electrons. The Labute approximate surface area is 82.8 Å². The number of hydrogen-bond acceptors (Lipinski definition) is 2. The average Bonchev–Trinajstić information content (AvgIpc) is 2.04. The van der Waals surface area contributed by atoms with Gasteiger partial charge in [0.1, 0.15) is 5.82 Å². The molecular formula is C8H7BrFNO2. The Hall–Kier alpha value is -0.970. The summed E-state index contributed by atoms with van der Waals surface area (Å²) < 4.78 is 12.7. The van der Waals surface area contributed by atoms with Crippen molar-refractivity contribution in [2.75, 3.05) is 5.33 Å². The van der Waals surface area contributed by atoms with Gasteiger partial charge in [-0.1, -0.05) is 15.9 Å². The van der Waals surface area contributed by atoms with E-state index in [9.17, 15) is 14.5 Å². The van der Waals surface area contributed by atoms with E-state index in [2.05, 4.69) is 15.9 Å². The SMILES string of the molecule is O=[N+]([O-])c1ccc(F)cc1CCBr. The topological polar surface area (TPSA) is 43.1 Å². The first-order chi connectivity index (χ1) is 6.15. The van der Waals surface area contributed by atoms with Crippen LogP contribution in [0.15, 0.2) is 18.2 Å². The van der Waals surface area contributed by atoms with E-state index in [0.717, 1.165) is 6.07 Å². The molecule has 0 radical (unpaired) electrons. The molecule has 0 heterocycles. The Morgan fingerprint density at radius 3 is 2.77 bits per heavy atom. The number of hydrogen-bond donors (Lipinski definition) is 0. The van der Waals surface area contributed by atoms with Crippen LogP contribution in [0.3, 0.4) is 0 Å². The molecule has 3 nitrogen and oxygen atoms in total. The molecule has 5 heteroatoms. The second kappa shape index (κ2) is 4.32. The Kier molecular flexibility index (Phi) is 3.36. The molecule has 1 aromatic carbocycles. The van der Waals surface area contributed by atoms with E-state index in [1.54, 1.807) is 0 Å². The van der Waals surface area contributed by atoms with Gasteiger partial charge in [0, 0.05) is 17.0 Å². The minimum atomic E-state index is -0.503. The van der Waals surface area contributed by atoms with Gasteiger partial charge >= 0.3 is 0 Å². The molecule has 0 atom stereocenters.